The number of azo groups is 1. The highest BCUT2D eigenvalue weighted by Crippen LogP contribution is 2.24. The maximum atomic E-state index is 12.8. The lowest BCUT2D eigenvalue weighted by Crippen LogP contribution is -2.31. The average Bonchev–Trinajstić information content (AvgIpc) is 2.85. The van der Waals surface area contributed by atoms with Gasteiger partial charge in [-0.05, 0) is 54.8 Å². The summed E-state index contributed by atoms with van der Waals surface area (Å²) in [6.45, 7) is 1.26. The molecule has 0 spiro atoms. The molecule has 2 N–H and O–H groups in total. The number of nitrogens with zero attached hydrogens (tertiary/aromatic N) is 3. The Labute approximate surface area is 202 Å². The summed E-state index contributed by atoms with van der Waals surface area (Å²) in [5.74, 6) is -0.903. The fourth-order valence-electron chi connectivity index (χ4n) is 3.29. The van der Waals surface area contributed by atoms with Crippen molar-refractivity contribution in [2.45, 2.75) is 17.9 Å². The molecule has 4 aromatic rings. The third-order valence-corrected chi connectivity index (χ3v) is 6.39. The van der Waals surface area contributed by atoms with Crippen molar-refractivity contribution in [3.8, 4) is 0 Å². The predicted molar refractivity (Wildman–Crippen MR) is 133 cm³/mol. The van der Waals surface area contributed by atoms with Gasteiger partial charge in [-0.25, -0.2) is 13.4 Å². The Kier molecular flexibility index (Phi) is 6.93. The maximum absolute atomic E-state index is 12.8. The molecule has 0 unspecified atom stereocenters. The van der Waals surface area contributed by atoms with Gasteiger partial charge in [0, 0.05) is 17.3 Å². The predicted octanol–water partition coefficient (Wildman–Crippen LogP) is 4.72. The highest BCUT2D eigenvalue weighted by Gasteiger charge is 2.24. The first-order valence-corrected chi connectivity index (χ1v) is 12.1. The van der Waals surface area contributed by atoms with Gasteiger partial charge in [0.05, 0.1) is 10.6 Å². The second-order valence-corrected chi connectivity index (χ2v) is 9.24. The number of rotatable bonds is 8. The summed E-state index contributed by atoms with van der Waals surface area (Å²) >= 11 is 0. The molecular formula is C25H21N5O4S. The maximum Gasteiger partial charge on any atom is 0.263 e. The molecule has 9 nitrogen and oxygen atoms in total. The van der Waals surface area contributed by atoms with Crippen molar-refractivity contribution in [3.05, 3.63) is 91.1 Å². The minimum Gasteiger partial charge on any atom is -0.323 e. The molecule has 176 valence electrons. The van der Waals surface area contributed by atoms with E-state index in [0.717, 1.165) is 10.8 Å². The van der Waals surface area contributed by atoms with Crippen LogP contribution in [0.1, 0.15) is 6.92 Å². The largest absolute Gasteiger partial charge is 0.323 e. The van der Waals surface area contributed by atoms with Crippen molar-refractivity contribution in [1.29, 1.82) is 0 Å². The van der Waals surface area contributed by atoms with E-state index >= 15 is 0 Å². The van der Waals surface area contributed by atoms with E-state index in [2.05, 4.69) is 25.3 Å². The van der Waals surface area contributed by atoms with E-state index in [1.165, 1.54) is 43.5 Å². The quantitative estimate of drug-likeness (QED) is 0.274. The third kappa shape index (κ3) is 5.74. The summed E-state index contributed by atoms with van der Waals surface area (Å²) in [6, 6.07) is 22.1. The molecule has 0 fully saturated rings. The van der Waals surface area contributed by atoms with E-state index in [0.29, 0.717) is 5.69 Å². The Hall–Kier alpha value is -4.44. The Morgan fingerprint density at radius 1 is 0.886 bits per heavy atom. The summed E-state index contributed by atoms with van der Waals surface area (Å²) < 4.78 is 27.4. The first-order chi connectivity index (χ1) is 16.8. The molecule has 0 bridgehead atoms. The molecule has 0 aliphatic rings. The lowest BCUT2D eigenvalue weighted by molar-refractivity contribution is -0.126. The second kappa shape index (κ2) is 10.2. The number of carbonyl (C=O) groups excluding carboxylic acids is 2. The van der Waals surface area contributed by atoms with Gasteiger partial charge in [0.2, 0.25) is 6.04 Å². The fraction of sp³-hybridized carbons (Fsp3) is 0.0800. The molecule has 0 aliphatic heterocycles. The number of hydrogen-bond donors (Lipinski definition) is 2. The number of pyridine rings is 1. The van der Waals surface area contributed by atoms with Crippen LogP contribution >= 0.6 is 0 Å². The molecule has 4 rings (SSSR count). The average molecular weight is 488 g/mol. The number of ketones is 1. The van der Waals surface area contributed by atoms with E-state index in [9.17, 15) is 18.0 Å². The number of anilines is 2. The normalized spacial score (nSPS) is 12.4. The fourth-order valence-corrected chi connectivity index (χ4v) is 4.30. The third-order valence-electron chi connectivity index (χ3n) is 5.02. The van der Waals surface area contributed by atoms with Crippen molar-refractivity contribution in [2.75, 3.05) is 10.0 Å². The number of fused-ring (bicyclic) bond motifs is 1. The van der Waals surface area contributed by atoms with Gasteiger partial charge in [-0.15, -0.1) is 0 Å². The molecular weight excluding hydrogens is 466 g/mol. The van der Waals surface area contributed by atoms with Crippen LogP contribution in [0, 0.1) is 0 Å². The van der Waals surface area contributed by atoms with E-state index < -0.39 is 27.8 Å². The SMILES string of the molecule is CC(=O)[C@H](N=Nc1ccc(S(=O)(=O)Nc2ccccn2)cc1)C(=O)Nc1cccc2ccccc12. The van der Waals surface area contributed by atoms with Gasteiger partial charge in [0.15, 0.2) is 5.78 Å². The van der Waals surface area contributed by atoms with Crippen molar-refractivity contribution < 1.29 is 18.0 Å². The van der Waals surface area contributed by atoms with Gasteiger partial charge in [0.1, 0.15) is 5.82 Å². The zero-order valence-electron chi connectivity index (χ0n) is 18.6. The monoisotopic (exact) mass is 487 g/mol. The molecule has 0 saturated heterocycles. The molecule has 1 aromatic heterocycles. The van der Waals surface area contributed by atoms with E-state index in [4.69, 9.17) is 0 Å². The van der Waals surface area contributed by atoms with Crippen LogP contribution in [-0.2, 0) is 19.6 Å². The summed E-state index contributed by atoms with van der Waals surface area (Å²) in [5.41, 5.74) is 0.843. The van der Waals surface area contributed by atoms with Crippen molar-refractivity contribution in [1.82, 2.24) is 4.98 Å². The number of nitrogens with one attached hydrogen (secondary N) is 2. The summed E-state index contributed by atoms with van der Waals surface area (Å²) in [7, 11) is -3.84. The van der Waals surface area contributed by atoms with E-state index in [-0.39, 0.29) is 16.4 Å². The van der Waals surface area contributed by atoms with Crippen LogP contribution in [0.3, 0.4) is 0 Å². The molecule has 0 radical (unpaired) electrons. The number of sulfonamides is 1. The molecule has 0 saturated carbocycles. The van der Waals surface area contributed by atoms with Gasteiger partial charge >= 0.3 is 0 Å². The van der Waals surface area contributed by atoms with Gasteiger partial charge in [-0.3, -0.25) is 14.3 Å². The number of benzene rings is 3. The minimum atomic E-state index is -3.84. The zero-order chi connectivity index (χ0) is 24.8. The highest BCUT2D eigenvalue weighted by atomic mass is 32.2. The Morgan fingerprint density at radius 2 is 1.60 bits per heavy atom. The standard InChI is InChI=1S/C25H21N5O4S/c1-17(31)24(25(32)27-22-10-6-8-18-7-2-3-9-21(18)22)29-28-19-12-14-20(15-13-19)35(33,34)30-23-11-4-5-16-26-23/h2-16,24H,1H3,(H,26,30)(H,27,32)/t24-/m0/s1. The molecule has 3 aromatic carbocycles. The van der Waals surface area contributed by atoms with Gasteiger partial charge in [-0.2, -0.15) is 10.2 Å². The highest BCUT2D eigenvalue weighted by molar-refractivity contribution is 7.92. The molecule has 35 heavy (non-hydrogen) atoms. The van der Waals surface area contributed by atoms with Crippen LogP contribution in [0.25, 0.3) is 10.8 Å². The van der Waals surface area contributed by atoms with Crippen LogP contribution < -0.4 is 10.0 Å². The minimum absolute atomic E-state index is 0.00100. The van der Waals surface area contributed by atoms with Gasteiger partial charge in [-0.1, -0.05) is 42.5 Å². The zero-order valence-corrected chi connectivity index (χ0v) is 19.4. The number of Topliss-reactive ketones (excluding diaryl/α,β-unsaturated/α-hetero) is 1. The first kappa shape index (κ1) is 23.7. The van der Waals surface area contributed by atoms with Crippen molar-refractivity contribution in [2.24, 2.45) is 10.2 Å². The van der Waals surface area contributed by atoms with Crippen LogP contribution in [0.2, 0.25) is 0 Å². The van der Waals surface area contributed by atoms with Crippen molar-refractivity contribution >= 4 is 49.7 Å². The van der Waals surface area contributed by atoms with Crippen molar-refractivity contribution in [3.63, 3.8) is 0 Å². The van der Waals surface area contributed by atoms with Crippen LogP contribution in [0.5, 0.6) is 0 Å². The topological polar surface area (TPSA) is 130 Å². The lowest BCUT2D eigenvalue weighted by Gasteiger charge is -2.11. The first-order valence-electron chi connectivity index (χ1n) is 10.6. The van der Waals surface area contributed by atoms with E-state index in [1.54, 1.807) is 24.3 Å². The second-order valence-electron chi connectivity index (χ2n) is 7.56. The summed E-state index contributed by atoms with van der Waals surface area (Å²) in [5, 5.41) is 12.4. The summed E-state index contributed by atoms with van der Waals surface area (Å²) in [6.07, 6.45) is 1.48. The van der Waals surface area contributed by atoms with Gasteiger partial charge < -0.3 is 5.32 Å². The lowest BCUT2D eigenvalue weighted by atomic mass is 10.1. The number of hydrogen-bond acceptors (Lipinski definition) is 7. The van der Waals surface area contributed by atoms with Crippen LogP contribution in [-0.4, -0.2) is 31.1 Å². The molecule has 1 heterocycles. The Morgan fingerprint density at radius 3 is 2.31 bits per heavy atom. The Bertz CT molecular complexity index is 1500. The van der Waals surface area contributed by atoms with E-state index in [1.807, 2.05) is 30.3 Å². The molecule has 1 atom stereocenters. The van der Waals surface area contributed by atoms with Crippen LogP contribution in [0.4, 0.5) is 17.2 Å². The smallest absolute Gasteiger partial charge is 0.263 e. The molecule has 0 aliphatic carbocycles. The Balaban J connectivity index is 1.48. The van der Waals surface area contributed by atoms with Crippen LogP contribution in [0.15, 0.2) is 106 Å². The summed E-state index contributed by atoms with van der Waals surface area (Å²) in [4.78, 5) is 28.9. The molecule has 1 amide bonds. The molecule has 10 heteroatoms. The van der Waals surface area contributed by atoms with Gasteiger partial charge in [0.25, 0.3) is 15.9 Å². The number of amides is 1. The number of aromatic nitrogens is 1. The number of carbonyl (C=O) groups is 2.